The zero-order valence-corrected chi connectivity index (χ0v) is 28.4. The van der Waals surface area contributed by atoms with Crippen LogP contribution in [-0.2, 0) is 0 Å². The summed E-state index contributed by atoms with van der Waals surface area (Å²) < 4.78 is 6.44. The number of anilines is 3. The second kappa shape index (κ2) is 12.5. The summed E-state index contributed by atoms with van der Waals surface area (Å²) in [6, 6.07) is 71.7. The molecule has 9 aromatic rings. The molecule has 0 fully saturated rings. The molecular weight excluding hydrogens is 631 g/mol. The molecule has 0 aliphatic carbocycles. The summed E-state index contributed by atoms with van der Waals surface area (Å²) in [5.41, 5.74) is 12.7. The fourth-order valence-corrected chi connectivity index (χ4v) is 7.89. The molecule has 0 bridgehead atoms. The van der Waals surface area contributed by atoms with Crippen LogP contribution in [0.2, 0.25) is 0 Å². The van der Waals surface area contributed by atoms with E-state index in [1.165, 1.54) is 49.5 Å². The van der Waals surface area contributed by atoms with Gasteiger partial charge in [-0.05, 0) is 92.0 Å². The molecule has 1 aliphatic rings. The molecule has 244 valence electrons. The summed E-state index contributed by atoms with van der Waals surface area (Å²) in [5, 5.41) is 4.81. The summed E-state index contributed by atoms with van der Waals surface area (Å²) >= 11 is 0. The van der Waals surface area contributed by atoms with Crippen molar-refractivity contribution in [1.29, 1.82) is 0 Å². The van der Waals surface area contributed by atoms with Crippen molar-refractivity contribution in [3.8, 4) is 56.0 Å². The topological polar surface area (TPSA) is 12.5 Å². The summed E-state index contributed by atoms with van der Waals surface area (Å²) in [6.07, 6.45) is 0. The summed E-state index contributed by atoms with van der Waals surface area (Å²) in [7, 11) is 0. The van der Waals surface area contributed by atoms with E-state index in [1.807, 2.05) is 12.1 Å². The highest BCUT2D eigenvalue weighted by molar-refractivity contribution is 6.10. The Bertz CT molecular complexity index is 2780. The minimum atomic E-state index is 0.896. The van der Waals surface area contributed by atoms with Crippen LogP contribution in [0.3, 0.4) is 0 Å². The van der Waals surface area contributed by atoms with Crippen LogP contribution < -0.4 is 9.64 Å². The lowest BCUT2D eigenvalue weighted by Crippen LogP contribution is -2.11. The highest BCUT2D eigenvalue weighted by Gasteiger charge is 2.23. The van der Waals surface area contributed by atoms with E-state index < -0.39 is 0 Å². The Morgan fingerprint density at radius 1 is 0.327 bits per heavy atom. The zero-order chi connectivity index (χ0) is 34.4. The van der Waals surface area contributed by atoms with E-state index in [0.717, 1.165) is 45.1 Å². The van der Waals surface area contributed by atoms with Crippen molar-refractivity contribution < 1.29 is 4.74 Å². The number of benzene rings is 9. The lowest BCUT2D eigenvalue weighted by Gasteiger charge is -2.29. The molecule has 0 atom stereocenters. The molecule has 0 radical (unpaired) electrons. The third kappa shape index (κ3) is 5.04. The standard InChI is InChI=1S/C50H33NO/c1-2-14-35(15-3-1)43-23-6-8-28-47(43)51(38-20-10-18-36(32-38)41-25-12-17-34-16-4-5-22-40(34)41)39-21-11-19-37(33-39)42-30-31-49-50-45(42)26-13-27-46(50)44-24-7-9-29-48(44)52-49/h1-33H. The molecule has 0 N–H and O–H groups in total. The maximum atomic E-state index is 6.44. The number of hydrogen-bond donors (Lipinski definition) is 0. The predicted molar refractivity (Wildman–Crippen MR) is 218 cm³/mol. The molecule has 0 aromatic heterocycles. The third-order valence-electron chi connectivity index (χ3n) is 10.2. The molecule has 0 amide bonds. The second-order valence-electron chi connectivity index (χ2n) is 13.3. The fraction of sp³-hybridized carbons (Fsp3) is 0. The zero-order valence-electron chi connectivity index (χ0n) is 28.4. The minimum Gasteiger partial charge on any atom is -0.456 e. The van der Waals surface area contributed by atoms with Crippen LogP contribution >= 0.6 is 0 Å². The van der Waals surface area contributed by atoms with Gasteiger partial charge in [-0.2, -0.15) is 0 Å². The quantitative estimate of drug-likeness (QED) is 0.176. The first kappa shape index (κ1) is 30.0. The van der Waals surface area contributed by atoms with Crippen LogP contribution in [0.1, 0.15) is 0 Å². The Balaban J connectivity index is 1.17. The Kier molecular flexibility index (Phi) is 7.18. The van der Waals surface area contributed by atoms with E-state index >= 15 is 0 Å². The van der Waals surface area contributed by atoms with Crippen molar-refractivity contribution in [3.05, 3.63) is 200 Å². The molecule has 52 heavy (non-hydrogen) atoms. The largest absolute Gasteiger partial charge is 0.456 e. The van der Waals surface area contributed by atoms with Crippen molar-refractivity contribution in [3.63, 3.8) is 0 Å². The smallest absolute Gasteiger partial charge is 0.135 e. The number of para-hydroxylation sites is 2. The van der Waals surface area contributed by atoms with Gasteiger partial charge >= 0.3 is 0 Å². The number of hydrogen-bond acceptors (Lipinski definition) is 2. The Labute approximate surface area is 303 Å². The lowest BCUT2D eigenvalue weighted by atomic mass is 9.90. The molecule has 0 saturated heterocycles. The van der Waals surface area contributed by atoms with Crippen LogP contribution in [0, 0.1) is 0 Å². The normalized spacial score (nSPS) is 11.6. The molecule has 0 saturated carbocycles. The molecule has 2 heteroatoms. The van der Waals surface area contributed by atoms with Crippen LogP contribution in [0.25, 0.3) is 66.1 Å². The third-order valence-corrected chi connectivity index (χ3v) is 10.2. The van der Waals surface area contributed by atoms with Crippen LogP contribution in [-0.4, -0.2) is 0 Å². The molecule has 1 heterocycles. The lowest BCUT2D eigenvalue weighted by molar-refractivity contribution is 0.487. The van der Waals surface area contributed by atoms with Gasteiger partial charge in [0.1, 0.15) is 11.5 Å². The van der Waals surface area contributed by atoms with Gasteiger partial charge in [0.05, 0.1) is 5.69 Å². The van der Waals surface area contributed by atoms with Crippen LogP contribution in [0.4, 0.5) is 17.1 Å². The minimum absolute atomic E-state index is 0.896. The monoisotopic (exact) mass is 663 g/mol. The van der Waals surface area contributed by atoms with E-state index in [9.17, 15) is 0 Å². The Hall–Kier alpha value is -6.90. The summed E-state index contributed by atoms with van der Waals surface area (Å²) in [6.45, 7) is 0. The molecule has 9 aromatic carbocycles. The molecular formula is C50H33NO. The first-order chi connectivity index (χ1) is 25.8. The summed E-state index contributed by atoms with van der Waals surface area (Å²) in [4.78, 5) is 2.41. The van der Waals surface area contributed by atoms with E-state index in [4.69, 9.17) is 4.74 Å². The van der Waals surface area contributed by atoms with Crippen molar-refractivity contribution in [1.82, 2.24) is 0 Å². The Morgan fingerprint density at radius 3 is 1.71 bits per heavy atom. The summed E-state index contributed by atoms with van der Waals surface area (Å²) in [5.74, 6) is 1.79. The van der Waals surface area contributed by atoms with Crippen molar-refractivity contribution in [2.45, 2.75) is 0 Å². The van der Waals surface area contributed by atoms with Gasteiger partial charge in [0.15, 0.2) is 0 Å². The van der Waals surface area contributed by atoms with Gasteiger partial charge in [-0.1, -0.05) is 158 Å². The van der Waals surface area contributed by atoms with E-state index in [2.05, 4.69) is 193 Å². The van der Waals surface area contributed by atoms with Crippen molar-refractivity contribution >= 4 is 38.6 Å². The van der Waals surface area contributed by atoms with Crippen molar-refractivity contribution in [2.75, 3.05) is 4.90 Å². The number of fused-ring (bicyclic) bond motifs is 3. The fourth-order valence-electron chi connectivity index (χ4n) is 7.89. The second-order valence-corrected chi connectivity index (χ2v) is 13.3. The van der Waals surface area contributed by atoms with E-state index in [1.54, 1.807) is 0 Å². The average Bonchev–Trinajstić information content (AvgIpc) is 3.22. The molecule has 1 aliphatic heterocycles. The maximum absolute atomic E-state index is 6.44. The molecule has 0 spiro atoms. The van der Waals surface area contributed by atoms with Gasteiger partial charge in [0, 0.05) is 27.9 Å². The molecule has 2 nitrogen and oxygen atoms in total. The van der Waals surface area contributed by atoms with Crippen LogP contribution in [0.5, 0.6) is 11.5 Å². The maximum Gasteiger partial charge on any atom is 0.135 e. The first-order valence-corrected chi connectivity index (χ1v) is 17.8. The van der Waals surface area contributed by atoms with Gasteiger partial charge in [0.2, 0.25) is 0 Å². The SMILES string of the molecule is c1ccc(-c2ccccc2N(c2cccc(-c3cccc4ccccc34)c2)c2cccc(-c3ccc4c5c(cccc35)-c3ccccc3O4)c2)cc1. The number of rotatable bonds is 6. The predicted octanol–water partition coefficient (Wildman–Crippen LogP) is 14.2. The van der Waals surface area contributed by atoms with Gasteiger partial charge in [0.25, 0.3) is 0 Å². The van der Waals surface area contributed by atoms with Gasteiger partial charge < -0.3 is 9.64 Å². The average molecular weight is 664 g/mol. The molecule has 10 rings (SSSR count). The number of ether oxygens (including phenoxy) is 1. The highest BCUT2D eigenvalue weighted by atomic mass is 16.5. The van der Waals surface area contributed by atoms with Crippen LogP contribution in [0.15, 0.2) is 200 Å². The molecule has 0 unspecified atom stereocenters. The Morgan fingerprint density at radius 2 is 0.885 bits per heavy atom. The van der Waals surface area contributed by atoms with Gasteiger partial charge in [-0.3, -0.25) is 0 Å². The van der Waals surface area contributed by atoms with Gasteiger partial charge in [-0.25, -0.2) is 0 Å². The van der Waals surface area contributed by atoms with E-state index in [-0.39, 0.29) is 0 Å². The first-order valence-electron chi connectivity index (χ1n) is 17.8. The number of nitrogens with zero attached hydrogens (tertiary/aromatic N) is 1. The van der Waals surface area contributed by atoms with Gasteiger partial charge in [-0.15, -0.1) is 0 Å². The van der Waals surface area contributed by atoms with Crippen molar-refractivity contribution in [2.24, 2.45) is 0 Å². The highest BCUT2D eigenvalue weighted by Crippen LogP contribution is 2.49. The van der Waals surface area contributed by atoms with E-state index in [0.29, 0.717) is 0 Å².